The van der Waals surface area contributed by atoms with Crippen LogP contribution in [-0.2, 0) is 20.8 Å². The van der Waals surface area contributed by atoms with Gasteiger partial charge in [0.15, 0.2) is 0 Å². The standard InChI is InChI=1S/C18H24N2O3S/c1-4-12-7-9-13(10-8-12)19-16(21)11-20-17(22)14(5-2)24-15(6-3)18(20)23/h7-10,14-15H,4-6,11H2,1-3H3,(H,19,21). The molecule has 130 valence electrons. The van der Waals surface area contributed by atoms with E-state index in [2.05, 4.69) is 12.2 Å². The monoisotopic (exact) mass is 348 g/mol. The lowest BCUT2D eigenvalue weighted by Crippen LogP contribution is -2.53. The zero-order valence-electron chi connectivity index (χ0n) is 14.4. The number of nitrogens with zero attached hydrogens (tertiary/aromatic N) is 1. The molecule has 6 heteroatoms. The molecule has 3 amide bonds. The molecule has 1 fully saturated rings. The van der Waals surface area contributed by atoms with Crippen molar-refractivity contribution in [3.05, 3.63) is 29.8 Å². The quantitative estimate of drug-likeness (QED) is 0.803. The molecule has 1 aromatic carbocycles. The van der Waals surface area contributed by atoms with E-state index in [1.165, 1.54) is 17.3 Å². The Labute approximate surface area is 147 Å². The molecule has 2 rings (SSSR count). The predicted molar refractivity (Wildman–Crippen MR) is 96.9 cm³/mol. The Bertz CT molecular complexity index is 593. The number of nitrogens with one attached hydrogen (secondary N) is 1. The highest BCUT2D eigenvalue weighted by Gasteiger charge is 2.40. The van der Waals surface area contributed by atoms with Crippen LogP contribution in [0.3, 0.4) is 0 Å². The van der Waals surface area contributed by atoms with Crippen molar-refractivity contribution in [3.63, 3.8) is 0 Å². The number of carbonyl (C=O) groups is 3. The second-order valence-electron chi connectivity index (χ2n) is 5.79. The van der Waals surface area contributed by atoms with Crippen LogP contribution in [0.15, 0.2) is 24.3 Å². The van der Waals surface area contributed by atoms with Gasteiger partial charge in [0.25, 0.3) is 0 Å². The molecule has 0 spiro atoms. The van der Waals surface area contributed by atoms with Crippen LogP contribution >= 0.6 is 11.8 Å². The summed E-state index contributed by atoms with van der Waals surface area (Å²) in [5.74, 6) is -0.861. The van der Waals surface area contributed by atoms with Crippen LogP contribution < -0.4 is 5.32 Å². The molecule has 1 saturated heterocycles. The van der Waals surface area contributed by atoms with E-state index in [1.807, 2.05) is 38.1 Å². The number of imide groups is 1. The average molecular weight is 348 g/mol. The molecule has 1 N–H and O–H groups in total. The van der Waals surface area contributed by atoms with Gasteiger partial charge in [-0.25, -0.2) is 0 Å². The highest BCUT2D eigenvalue weighted by molar-refractivity contribution is 8.02. The summed E-state index contributed by atoms with van der Waals surface area (Å²) in [4.78, 5) is 38.2. The molecule has 0 bridgehead atoms. The molecule has 0 saturated carbocycles. The molecule has 2 unspecified atom stereocenters. The van der Waals surface area contributed by atoms with Crippen LogP contribution in [0.2, 0.25) is 0 Å². The molecule has 1 aliphatic heterocycles. The second kappa shape index (κ2) is 8.33. The Morgan fingerprint density at radius 1 is 1.04 bits per heavy atom. The molecule has 1 aliphatic rings. The summed E-state index contributed by atoms with van der Waals surface area (Å²) >= 11 is 1.41. The minimum absolute atomic E-state index is 0.221. The fourth-order valence-electron chi connectivity index (χ4n) is 2.64. The number of anilines is 1. The van der Waals surface area contributed by atoms with E-state index < -0.39 is 0 Å². The Kier molecular flexibility index (Phi) is 6.43. The highest BCUT2D eigenvalue weighted by Crippen LogP contribution is 2.31. The van der Waals surface area contributed by atoms with Crippen LogP contribution in [0, 0.1) is 0 Å². The average Bonchev–Trinajstić information content (AvgIpc) is 2.59. The lowest BCUT2D eigenvalue weighted by molar-refractivity contribution is -0.147. The lowest BCUT2D eigenvalue weighted by Gasteiger charge is -2.34. The van der Waals surface area contributed by atoms with Crippen LogP contribution in [0.25, 0.3) is 0 Å². The Hall–Kier alpha value is -1.82. The normalized spacial score (nSPS) is 21.0. The maximum atomic E-state index is 12.4. The number of hydrogen-bond acceptors (Lipinski definition) is 4. The van der Waals surface area contributed by atoms with Crippen molar-refractivity contribution >= 4 is 35.2 Å². The highest BCUT2D eigenvalue weighted by atomic mass is 32.2. The van der Waals surface area contributed by atoms with Crippen molar-refractivity contribution in [1.29, 1.82) is 0 Å². The summed E-state index contributed by atoms with van der Waals surface area (Å²) in [7, 11) is 0. The fraction of sp³-hybridized carbons (Fsp3) is 0.500. The summed E-state index contributed by atoms with van der Waals surface area (Å²) in [6.07, 6.45) is 2.24. The van der Waals surface area contributed by atoms with Gasteiger partial charge in [-0.2, -0.15) is 0 Å². The molecule has 1 aromatic rings. The van der Waals surface area contributed by atoms with Crippen molar-refractivity contribution < 1.29 is 14.4 Å². The molecular formula is C18H24N2O3S. The van der Waals surface area contributed by atoms with Gasteiger partial charge in [-0.3, -0.25) is 19.3 Å². The Morgan fingerprint density at radius 3 is 2.04 bits per heavy atom. The number of benzene rings is 1. The second-order valence-corrected chi connectivity index (χ2v) is 7.20. The third kappa shape index (κ3) is 4.17. The first-order valence-electron chi connectivity index (χ1n) is 8.39. The van der Waals surface area contributed by atoms with E-state index in [9.17, 15) is 14.4 Å². The van der Waals surface area contributed by atoms with Gasteiger partial charge in [-0.05, 0) is 37.0 Å². The van der Waals surface area contributed by atoms with Gasteiger partial charge in [0, 0.05) is 5.69 Å². The first-order valence-corrected chi connectivity index (χ1v) is 9.33. The van der Waals surface area contributed by atoms with Crippen molar-refractivity contribution in [3.8, 4) is 0 Å². The first-order chi connectivity index (χ1) is 11.5. The number of aryl methyl sites for hydroxylation is 1. The summed E-state index contributed by atoms with van der Waals surface area (Å²) in [5.41, 5.74) is 1.85. The van der Waals surface area contributed by atoms with Gasteiger partial charge in [0.05, 0.1) is 10.5 Å². The molecule has 0 radical (unpaired) electrons. The molecular weight excluding hydrogens is 324 g/mol. The van der Waals surface area contributed by atoms with E-state index in [0.717, 1.165) is 11.3 Å². The Balaban J connectivity index is 2.04. The zero-order valence-corrected chi connectivity index (χ0v) is 15.2. The van der Waals surface area contributed by atoms with E-state index in [-0.39, 0.29) is 34.8 Å². The smallest absolute Gasteiger partial charge is 0.244 e. The minimum Gasteiger partial charge on any atom is -0.325 e. The van der Waals surface area contributed by atoms with E-state index in [4.69, 9.17) is 0 Å². The SMILES string of the molecule is CCc1ccc(NC(=O)CN2C(=O)C(CC)SC(CC)C2=O)cc1. The van der Waals surface area contributed by atoms with Gasteiger partial charge in [0.2, 0.25) is 17.7 Å². The summed E-state index contributed by atoms with van der Waals surface area (Å²) in [6.45, 7) is 5.69. The van der Waals surface area contributed by atoms with Crippen LogP contribution in [0.1, 0.15) is 39.2 Å². The van der Waals surface area contributed by atoms with Crippen LogP contribution in [0.5, 0.6) is 0 Å². The number of rotatable bonds is 6. The molecule has 1 heterocycles. The van der Waals surface area contributed by atoms with Gasteiger partial charge in [-0.1, -0.05) is 32.9 Å². The summed E-state index contributed by atoms with van der Waals surface area (Å²) in [6, 6.07) is 7.56. The number of hydrogen-bond donors (Lipinski definition) is 1. The predicted octanol–water partition coefficient (Wildman–Crippen LogP) is 2.85. The van der Waals surface area contributed by atoms with Crippen molar-refractivity contribution in [1.82, 2.24) is 4.90 Å². The van der Waals surface area contributed by atoms with Gasteiger partial charge in [0.1, 0.15) is 6.54 Å². The van der Waals surface area contributed by atoms with Gasteiger partial charge < -0.3 is 5.32 Å². The Morgan fingerprint density at radius 2 is 1.58 bits per heavy atom. The summed E-state index contributed by atoms with van der Waals surface area (Å²) < 4.78 is 0. The van der Waals surface area contributed by atoms with E-state index >= 15 is 0 Å². The first kappa shape index (κ1) is 18.5. The number of thioether (sulfide) groups is 1. The maximum absolute atomic E-state index is 12.4. The van der Waals surface area contributed by atoms with E-state index in [0.29, 0.717) is 18.5 Å². The van der Waals surface area contributed by atoms with Crippen LogP contribution in [0.4, 0.5) is 5.69 Å². The zero-order chi connectivity index (χ0) is 17.7. The molecule has 0 aromatic heterocycles. The third-order valence-electron chi connectivity index (χ3n) is 4.10. The topological polar surface area (TPSA) is 66.5 Å². The molecule has 5 nitrogen and oxygen atoms in total. The van der Waals surface area contributed by atoms with Crippen molar-refractivity contribution in [2.24, 2.45) is 0 Å². The molecule has 24 heavy (non-hydrogen) atoms. The van der Waals surface area contributed by atoms with Crippen molar-refractivity contribution in [2.75, 3.05) is 11.9 Å². The minimum atomic E-state index is -0.349. The third-order valence-corrected chi connectivity index (χ3v) is 5.83. The largest absolute Gasteiger partial charge is 0.325 e. The van der Waals surface area contributed by atoms with Crippen LogP contribution in [-0.4, -0.2) is 39.7 Å². The van der Waals surface area contributed by atoms with Gasteiger partial charge >= 0.3 is 0 Å². The van der Waals surface area contributed by atoms with E-state index in [1.54, 1.807) is 0 Å². The summed E-state index contributed by atoms with van der Waals surface area (Å²) in [5, 5.41) is 2.26. The van der Waals surface area contributed by atoms with Gasteiger partial charge in [-0.15, -0.1) is 11.8 Å². The lowest BCUT2D eigenvalue weighted by atomic mass is 10.1. The molecule has 2 atom stereocenters. The molecule has 0 aliphatic carbocycles. The van der Waals surface area contributed by atoms with Crippen molar-refractivity contribution in [2.45, 2.75) is 50.5 Å². The number of carbonyl (C=O) groups excluding carboxylic acids is 3. The maximum Gasteiger partial charge on any atom is 0.244 e. The number of amides is 3. The fourth-order valence-corrected chi connectivity index (χ4v) is 3.91.